The lowest BCUT2D eigenvalue weighted by atomic mass is 10.1. The molecule has 1 aromatic rings. The number of amides is 1. The van der Waals surface area contributed by atoms with Crippen LogP contribution in [0.4, 0.5) is 11.4 Å². The summed E-state index contributed by atoms with van der Waals surface area (Å²) in [5.74, 6) is -0.305. The Balaban J connectivity index is 2.73. The van der Waals surface area contributed by atoms with Gasteiger partial charge in [-0.2, -0.15) is 0 Å². The van der Waals surface area contributed by atoms with Crippen LogP contribution in [0.15, 0.2) is 18.2 Å². The van der Waals surface area contributed by atoms with E-state index in [2.05, 4.69) is 5.32 Å². The highest BCUT2D eigenvalue weighted by molar-refractivity contribution is 5.96. The lowest BCUT2D eigenvalue weighted by Gasteiger charge is -2.17. The Morgan fingerprint density at radius 3 is 2.25 bits per heavy atom. The van der Waals surface area contributed by atoms with Gasteiger partial charge in [0.05, 0.1) is 5.60 Å². The molecule has 0 aliphatic carbocycles. The van der Waals surface area contributed by atoms with Gasteiger partial charge in [-0.05, 0) is 32.0 Å². The van der Waals surface area contributed by atoms with Crippen molar-refractivity contribution < 1.29 is 9.90 Å². The summed E-state index contributed by atoms with van der Waals surface area (Å²) in [6, 6.07) is 4.65. The highest BCUT2D eigenvalue weighted by Crippen LogP contribution is 2.13. The van der Waals surface area contributed by atoms with Crippen molar-refractivity contribution in [3.63, 3.8) is 0 Å². The Hall–Kier alpha value is -1.75. The number of nitrogens with one attached hydrogen (secondary N) is 1. The van der Waals surface area contributed by atoms with E-state index in [1.54, 1.807) is 19.9 Å². The van der Waals surface area contributed by atoms with Crippen LogP contribution in [0.25, 0.3) is 0 Å². The summed E-state index contributed by atoms with van der Waals surface area (Å²) in [6.07, 6.45) is 0. The molecule has 0 bridgehead atoms. The lowest BCUT2D eigenvalue weighted by Crippen LogP contribution is -2.38. The maximum atomic E-state index is 11.7. The molecule has 5 heteroatoms. The number of carbonyl (C=O) groups excluding carboxylic acids is 1. The van der Waals surface area contributed by atoms with Crippen molar-refractivity contribution in [3.05, 3.63) is 23.8 Å². The number of nitrogen functional groups attached to an aromatic ring is 2. The molecule has 0 fully saturated rings. The van der Waals surface area contributed by atoms with Crippen molar-refractivity contribution in [3.8, 4) is 0 Å². The van der Waals surface area contributed by atoms with Crippen LogP contribution in [0.5, 0.6) is 0 Å². The topological polar surface area (TPSA) is 101 Å². The molecule has 1 amide bonds. The Morgan fingerprint density at radius 1 is 1.31 bits per heavy atom. The third-order valence-corrected chi connectivity index (χ3v) is 1.92. The Labute approximate surface area is 94.4 Å². The van der Waals surface area contributed by atoms with E-state index >= 15 is 0 Å². The normalized spacial score (nSPS) is 11.2. The van der Waals surface area contributed by atoms with Crippen LogP contribution in [0, 0.1) is 0 Å². The van der Waals surface area contributed by atoms with E-state index in [1.165, 1.54) is 12.1 Å². The highest BCUT2D eigenvalue weighted by Gasteiger charge is 2.15. The van der Waals surface area contributed by atoms with Gasteiger partial charge in [-0.15, -0.1) is 0 Å². The van der Waals surface area contributed by atoms with Crippen molar-refractivity contribution in [1.82, 2.24) is 5.32 Å². The van der Waals surface area contributed by atoms with Crippen molar-refractivity contribution in [2.75, 3.05) is 18.0 Å². The molecule has 1 aromatic carbocycles. The second-order valence-corrected chi connectivity index (χ2v) is 4.38. The predicted octanol–water partition coefficient (Wildman–Crippen LogP) is 0.352. The number of rotatable bonds is 3. The number of benzene rings is 1. The largest absolute Gasteiger partial charge is 0.399 e. The van der Waals surface area contributed by atoms with Crippen LogP contribution in [-0.4, -0.2) is 23.2 Å². The Kier molecular flexibility index (Phi) is 3.39. The van der Waals surface area contributed by atoms with E-state index < -0.39 is 5.60 Å². The highest BCUT2D eigenvalue weighted by atomic mass is 16.3. The number of carbonyl (C=O) groups is 1. The molecule has 16 heavy (non-hydrogen) atoms. The first-order valence-corrected chi connectivity index (χ1v) is 4.94. The fourth-order valence-corrected chi connectivity index (χ4v) is 1.21. The molecule has 5 nitrogen and oxygen atoms in total. The molecule has 0 heterocycles. The molecule has 6 N–H and O–H groups in total. The number of hydrogen-bond donors (Lipinski definition) is 4. The monoisotopic (exact) mass is 223 g/mol. The fraction of sp³-hybridized carbons (Fsp3) is 0.364. The number of aliphatic hydroxyl groups is 1. The molecule has 0 saturated carbocycles. The summed E-state index contributed by atoms with van der Waals surface area (Å²) >= 11 is 0. The van der Waals surface area contributed by atoms with Crippen molar-refractivity contribution in [2.45, 2.75) is 19.4 Å². The van der Waals surface area contributed by atoms with Gasteiger partial charge < -0.3 is 21.9 Å². The summed E-state index contributed by atoms with van der Waals surface area (Å²) in [5, 5.41) is 12.1. The average Bonchev–Trinajstić information content (AvgIpc) is 2.11. The van der Waals surface area contributed by atoms with Gasteiger partial charge >= 0.3 is 0 Å². The van der Waals surface area contributed by atoms with Gasteiger partial charge in [0.2, 0.25) is 0 Å². The zero-order valence-corrected chi connectivity index (χ0v) is 9.45. The van der Waals surface area contributed by atoms with E-state index in [1.807, 2.05) is 0 Å². The van der Waals surface area contributed by atoms with Crippen LogP contribution < -0.4 is 16.8 Å². The minimum absolute atomic E-state index is 0.167. The first-order valence-electron chi connectivity index (χ1n) is 4.94. The van der Waals surface area contributed by atoms with Crippen LogP contribution in [0.2, 0.25) is 0 Å². The van der Waals surface area contributed by atoms with Crippen LogP contribution in [-0.2, 0) is 0 Å². The molecule has 0 atom stereocenters. The second kappa shape index (κ2) is 4.40. The second-order valence-electron chi connectivity index (χ2n) is 4.38. The third-order valence-electron chi connectivity index (χ3n) is 1.92. The average molecular weight is 223 g/mol. The zero-order valence-electron chi connectivity index (χ0n) is 9.45. The first kappa shape index (κ1) is 12.3. The molecule has 0 saturated heterocycles. The smallest absolute Gasteiger partial charge is 0.251 e. The molecule has 0 unspecified atom stereocenters. The van der Waals surface area contributed by atoms with Gasteiger partial charge in [0.1, 0.15) is 0 Å². The Bertz CT molecular complexity index is 376. The van der Waals surface area contributed by atoms with Gasteiger partial charge in [0, 0.05) is 23.5 Å². The van der Waals surface area contributed by atoms with E-state index in [-0.39, 0.29) is 12.5 Å². The van der Waals surface area contributed by atoms with E-state index in [0.29, 0.717) is 16.9 Å². The van der Waals surface area contributed by atoms with E-state index in [4.69, 9.17) is 11.5 Å². The molecular weight excluding hydrogens is 206 g/mol. The quantitative estimate of drug-likeness (QED) is 0.555. The lowest BCUT2D eigenvalue weighted by molar-refractivity contribution is 0.0694. The van der Waals surface area contributed by atoms with Gasteiger partial charge in [-0.1, -0.05) is 0 Å². The summed E-state index contributed by atoms with van der Waals surface area (Å²) in [4.78, 5) is 11.7. The molecule has 0 aliphatic heterocycles. The van der Waals surface area contributed by atoms with Gasteiger partial charge in [-0.3, -0.25) is 4.79 Å². The van der Waals surface area contributed by atoms with Crippen molar-refractivity contribution in [2.24, 2.45) is 0 Å². The molecule has 0 radical (unpaired) electrons. The third kappa shape index (κ3) is 3.78. The van der Waals surface area contributed by atoms with E-state index in [9.17, 15) is 9.90 Å². The molecule has 0 spiro atoms. The van der Waals surface area contributed by atoms with Crippen molar-refractivity contribution >= 4 is 17.3 Å². The maximum Gasteiger partial charge on any atom is 0.251 e. The first-order chi connectivity index (χ1) is 7.28. The number of anilines is 2. The zero-order chi connectivity index (χ0) is 12.3. The molecule has 0 aromatic heterocycles. The predicted molar refractivity (Wildman–Crippen MR) is 63.9 cm³/mol. The van der Waals surface area contributed by atoms with Gasteiger partial charge in [0.15, 0.2) is 0 Å². The standard InChI is InChI=1S/C11H17N3O2/c1-11(2,16)6-14-10(15)7-3-8(12)5-9(13)4-7/h3-5,16H,6,12-13H2,1-2H3,(H,14,15). The number of nitrogens with two attached hydrogens (primary N) is 2. The van der Waals surface area contributed by atoms with E-state index in [0.717, 1.165) is 0 Å². The molecule has 88 valence electrons. The van der Waals surface area contributed by atoms with Crippen LogP contribution in [0.1, 0.15) is 24.2 Å². The summed E-state index contributed by atoms with van der Waals surface area (Å²) in [7, 11) is 0. The van der Waals surface area contributed by atoms with Crippen molar-refractivity contribution in [1.29, 1.82) is 0 Å². The minimum Gasteiger partial charge on any atom is -0.399 e. The van der Waals surface area contributed by atoms with Gasteiger partial charge in [-0.25, -0.2) is 0 Å². The van der Waals surface area contributed by atoms with Gasteiger partial charge in [0.25, 0.3) is 5.91 Å². The fourth-order valence-electron chi connectivity index (χ4n) is 1.21. The Morgan fingerprint density at radius 2 is 1.81 bits per heavy atom. The molecular formula is C11H17N3O2. The molecule has 0 aliphatic rings. The maximum absolute atomic E-state index is 11.7. The number of hydrogen-bond acceptors (Lipinski definition) is 4. The van der Waals surface area contributed by atoms with Crippen LogP contribution in [0.3, 0.4) is 0 Å². The summed E-state index contributed by atoms with van der Waals surface area (Å²) in [5.41, 5.74) is 11.5. The summed E-state index contributed by atoms with van der Waals surface area (Å²) < 4.78 is 0. The molecule has 1 rings (SSSR count). The SMILES string of the molecule is CC(C)(O)CNC(=O)c1cc(N)cc(N)c1. The summed E-state index contributed by atoms with van der Waals surface area (Å²) in [6.45, 7) is 3.39. The van der Waals surface area contributed by atoms with Crippen LogP contribution >= 0.6 is 0 Å². The minimum atomic E-state index is -0.943.